The second-order valence-corrected chi connectivity index (χ2v) is 13.1. The maximum atomic E-state index is 13.8. The summed E-state index contributed by atoms with van der Waals surface area (Å²) in [7, 11) is 0. The zero-order valence-corrected chi connectivity index (χ0v) is 26.1. The number of benzene rings is 1. The first-order valence-corrected chi connectivity index (χ1v) is 16.4. The zero-order chi connectivity index (χ0) is 31.3. The number of carbonyl (C=O) groups is 4. The minimum atomic E-state index is -0.720. The van der Waals surface area contributed by atoms with Crippen LogP contribution in [0.5, 0.6) is 0 Å². The van der Waals surface area contributed by atoms with Crippen molar-refractivity contribution >= 4 is 23.6 Å². The van der Waals surface area contributed by atoms with Gasteiger partial charge >= 0.3 is 0 Å². The van der Waals surface area contributed by atoms with Gasteiger partial charge in [0, 0.05) is 45.2 Å². The molecule has 4 amide bonds. The van der Waals surface area contributed by atoms with Gasteiger partial charge in [-0.3, -0.25) is 24.1 Å². The van der Waals surface area contributed by atoms with Crippen LogP contribution in [0.25, 0.3) is 0 Å². The Hall–Kier alpha value is -3.70. The van der Waals surface area contributed by atoms with Crippen molar-refractivity contribution in [3.63, 3.8) is 0 Å². The molecule has 1 aromatic heterocycles. The molecule has 1 aromatic carbocycles. The number of hydrogen-bond donors (Lipinski definition) is 2. The highest BCUT2D eigenvalue weighted by Gasteiger charge is 2.45. The second kappa shape index (κ2) is 14.2. The van der Waals surface area contributed by atoms with Crippen molar-refractivity contribution < 1.29 is 28.3 Å². The molecule has 11 nitrogen and oxygen atoms in total. The van der Waals surface area contributed by atoms with E-state index >= 15 is 0 Å². The summed E-state index contributed by atoms with van der Waals surface area (Å²) in [5.74, 6) is 0.374. The number of furan rings is 1. The van der Waals surface area contributed by atoms with Gasteiger partial charge < -0.3 is 29.6 Å². The molecule has 0 aliphatic carbocycles. The van der Waals surface area contributed by atoms with Crippen LogP contribution in [0.2, 0.25) is 0 Å². The maximum Gasteiger partial charge on any atom is 0.257 e. The van der Waals surface area contributed by atoms with Gasteiger partial charge in [0.2, 0.25) is 17.7 Å². The van der Waals surface area contributed by atoms with E-state index in [4.69, 9.17) is 9.15 Å². The summed E-state index contributed by atoms with van der Waals surface area (Å²) < 4.78 is 11.2. The Balaban J connectivity index is 1.11. The number of nitrogens with one attached hydrogen (secondary N) is 2. The van der Waals surface area contributed by atoms with Crippen molar-refractivity contribution in [3.05, 3.63) is 59.5 Å². The summed E-state index contributed by atoms with van der Waals surface area (Å²) in [6.07, 6.45) is 5.14. The fourth-order valence-electron chi connectivity index (χ4n) is 7.46. The quantitative estimate of drug-likeness (QED) is 0.508. The lowest BCUT2D eigenvalue weighted by Crippen LogP contribution is -2.63. The summed E-state index contributed by atoms with van der Waals surface area (Å²) in [4.78, 5) is 59.9. The molecule has 4 fully saturated rings. The molecular weight excluding hydrogens is 574 g/mol. The van der Waals surface area contributed by atoms with E-state index in [-0.39, 0.29) is 47.9 Å². The summed E-state index contributed by atoms with van der Waals surface area (Å²) in [6.45, 7) is 7.11. The summed E-state index contributed by atoms with van der Waals surface area (Å²) in [5.41, 5.74) is 1.64. The van der Waals surface area contributed by atoms with Gasteiger partial charge in [0.1, 0.15) is 24.1 Å². The number of nitrogens with zero attached hydrogens (tertiary/aromatic N) is 3. The Morgan fingerprint density at radius 2 is 1.82 bits per heavy atom. The first-order valence-electron chi connectivity index (χ1n) is 16.4. The van der Waals surface area contributed by atoms with E-state index in [1.165, 1.54) is 0 Å². The van der Waals surface area contributed by atoms with Crippen LogP contribution in [0, 0.1) is 11.8 Å². The molecule has 0 radical (unpaired) electrons. The van der Waals surface area contributed by atoms with Crippen molar-refractivity contribution in [2.45, 2.75) is 70.1 Å². The lowest BCUT2D eigenvalue weighted by molar-refractivity contribution is -0.145. The van der Waals surface area contributed by atoms with E-state index in [0.29, 0.717) is 70.6 Å². The van der Waals surface area contributed by atoms with Gasteiger partial charge in [0.25, 0.3) is 5.91 Å². The fraction of sp³-hybridized carbons (Fsp3) is 0.588. The largest absolute Gasteiger partial charge is 0.467 e. The predicted octanol–water partition coefficient (Wildman–Crippen LogP) is 2.21. The number of ether oxygens (including phenoxy) is 1. The Bertz CT molecular complexity index is 1360. The molecule has 2 aromatic rings. The van der Waals surface area contributed by atoms with E-state index in [1.807, 2.05) is 46.2 Å². The normalized spacial score (nSPS) is 28.4. The third kappa shape index (κ3) is 7.58. The number of hydrogen-bond acceptors (Lipinski definition) is 7. The molecule has 4 saturated heterocycles. The molecule has 5 atom stereocenters. The first kappa shape index (κ1) is 31.3. The van der Waals surface area contributed by atoms with Crippen LogP contribution in [-0.4, -0.2) is 102 Å². The highest BCUT2D eigenvalue weighted by atomic mass is 16.5. The molecule has 0 spiro atoms. The van der Waals surface area contributed by atoms with Crippen molar-refractivity contribution in [2.75, 3.05) is 45.9 Å². The van der Waals surface area contributed by atoms with Crippen molar-refractivity contribution in [1.29, 1.82) is 0 Å². The average molecular weight is 620 g/mol. The molecule has 45 heavy (non-hydrogen) atoms. The molecule has 2 N–H and O–H groups in total. The zero-order valence-electron chi connectivity index (χ0n) is 26.1. The number of rotatable bonds is 6. The highest BCUT2D eigenvalue weighted by Crippen LogP contribution is 2.36. The van der Waals surface area contributed by atoms with Crippen LogP contribution in [0.4, 0.5) is 0 Å². The third-order valence-electron chi connectivity index (χ3n) is 9.77. The Labute approximate surface area is 264 Å². The van der Waals surface area contributed by atoms with Gasteiger partial charge in [-0.25, -0.2) is 0 Å². The number of likely N-dealkylation sites (tertiary alicyclic amines) is 1. The minimum absolute atomic E-state index is 0.0452. The van der Waals surface area contributed by atoms with E-state index in [9.17, 15) is 19.2 Å². The molecule has 11 heteroatoms. The number of amides is 4. The fourth-order valence-corrected chi connectivity index (χ4v) is 7.46. The van der Waals surface area contributed by atoms with Gasteiger partial charge in [-0.05, 0) is 62.5 Å². The minimum Gasteiger partial charge on any atom is -0.467 e. The van der Waals surface area contributed by atoms with Gasteiger partial charge in [-0.1, -0.05) is 30.3 Å². The average Bonchev–Trinajstić information content (AvgIpc) is 3.51. The smallest absolute Gasteiger partial charge is 0.257 e. The van der Waals surface area contributed by atoms with Crippen molar-refractivity contribution in [2.24, 2.45) is 11.8 Å². The molecule has 0 saturated carbocycles. The summed E-state index contributed by atoms with van der Waals surface area (Å²) >= 11 is 0. The standard InChI is InChI=1S/C34H45N5O6/c1-23-33(42)39-19-25-16-26(20-38(18-25)34(43)27-17-28(45-22-27)21-37-12-14-44-15-13-37)30(39)8-5-9-31(40)36-29(32(41)35-23)11-10-24-6-3-2-4-7-24/h2-4,6-7,17,22-23,25-26,29-30H,5,8-16,18-21H2,1H3,(H,35,41)(H,36,40)/t23-,25+,26-,29+,30+/m1/s1. The second-order valence-electron chi connectivity index (χ2n) is 13.1. The molecule has 242 valence electrons. The van der Waals surface area contributed by atoms with Crippen LogP contribution in [0.1, 0.15) is 60.7 Å². The topological polar surface area (TPSA) is 124 Å². The first-order chi connectivity index (χ1) is 21.8. The van der Waals surface area contributed by atoms with Crippen LogP contribution < -0.4 is 10.6 Å². The number of fused-ring (bicyclic) bond motifs is 4. The molecule has 4 aliphatic heterocycles. The SMILES string of the molecule is C[C@H]1NC(=O)[C@H](CCc2ccccc2)NC(=O)CCC[C@H]2[C@@H]3C[C@@H](CN(C(=O)c4coc(CN5CCOCC5)c4)C3)CN2C1=O. The van der Waals surface area contributed by atoms with Gasteiger partial charge in [-0.15, -0.1) is 0 Å². The summed E-state index contributed by atoms with van der Waals surface area (Å²) in [5, 5.41) is 5.83. The van der Waals surface area contributed by atoms with Gasteiger partial charge in [0.05, 0.1) is 25.3 Å². The Morgan fingerprint density at radius 1 is 1.02 bits per heavy atom. The molecule has 6 rings (SSSR count). The van der Waals surface area contributed by atoms with Gasteiger partial charge in [0.15, 0.2) is 0 Å². The molecule has 5 heterocycles. The number of carbonyl (C=O) groups excluding carboxylic acids is 4. The molecular formula is C34H45N5O6. The van der Waals surface area contributed by atoms with Crippen LogP contribution in [0.15, 0.2) is 47.1 Å². The molecule has 4 aliphatic rings. The van der Waals surface area contributed by atoms with Crippen LogP contribution in [-0.2, 0) is 32.1 Å². The monoisotopic (exact) mass is 619 g/mol. The highest BCUT2D eigenvalue weighted by molar-refractivity contribution is 5.94. The number of piperidine rings is 2. The van der Waals surface area contributed by atoms with Crippen LogP contribution in [0.3, 0.4) is 0 Å². The summed E-state index contributed by atoms with van der Waals surface area (Å²) in [6, 6.07) is 10.2. The van der Waals surface area contributed by atoms with Crippen molar-refractivity contribution in [3.8, 4) is 0 Å². The van der Waals surface area contributed by atoms with Crippen LogP contribution >= 0.6 is 0 Å². The van der Waals surface area contributed by atoms with Gasteiger partial charge in [-0.2, -0.15) is 0 Å². The maximum absolute atomic E-state index is 13.8. The van der Waals surface area contributed by atoms with E-state index in [0.717, 1.165) is 30.8 Å². The Kier molecular flexibility index (Phi) is 9.85. The molecule has 2 bridgehead atoms. The lowest BCUT2D eigenvalue weighted by Gasteiger charge is -2.51. The third-order valence-corrected chi connectivity index (χ3v) is 9.77. The lowest BCUT2D eigenvalue weighted by atomic mass is 9.77. The number of morpholine rings is 1. The van der Waals surface area contributed by atoms with E-state index in [1.54, 1.807) is 13.2 Å². The number of aryl methyl sites for hydroxylation is 1. The van der Waals surface area contributed by atoms with E-state index in [2.05, 4.69) is 15.5 Å². The predicted molar refractivity (Wildman–Crippen MR) is 166 cm³/mol. The Morgan fingerprint density at radius 3 is 2.62 bits per heavy atom. The molecule has 0 unspecified atom stereocenters. The van der Waals surface area contributed by atoms with E-state index < -0.39 is 12.1 Å². The van der Waals surface area contributed by atoms with Crippen molar-refractivity contribution in [1.82, 2.24) is 25.3 Å².